The van der Waals surface area contributed by atoms with Crippen molar-refractivity contribution >= 4 is 21.9 Å². The van der Waals surface area contributed by atoms with Crippen LogP contribution in [-0.2, 0) is 17.7 Å². The Hall–Kier alpha value is -4.27. The SMILES string of the molecule is c1ccc2oc(-c3ccc4c(c3)c(-c3cn(-c5ccc6c(c5)CNCC6)nn3)nn4C3CCCCO3)cc2c1. The van der Waals surface area contributed by atoms with E-state index in [0.29, 0.717) is 0 Å². The molecule has 0 aliphatic carbocycles. The lowest BCUT2D eigenvalue weighted by Gasteiger charge is -2.23. The maximum absolute atomic E-state index is 6.19. The van der Waals surface area contributed by atoms with Crippen molar-refractivity contribution in [2.45, 2.75) is 38.5 Å². The number of benzene rings is 3. The molecule has 1 atom stereocenters. The number of aromatic nitrogens is 5. The van der Waals surface area contributed by atoms with Crippen LogP contribution in [0.2, 0.25) is 0 Å². The van der Waals surface area contributed by atoms with E-state index in [1.54, 1.807) is 0 Å². The first-order chi connectivity index (χ1) is 19.3. The minimum absolute atomic E-state index is 0.0877. The molecule has 8 heteroatoms. The summed E-state index contributed by atoms with van der Waals surface area (Å²) in [5, 5.41) is 19.7. The topological polar surface area (TPSA) is 82.9 Å². The van der Waals surface area contributed by atoms with Crippen molar-refractivity contribution in [3.8, 4) is 28.4 Å². The van der Waals surface area contributed by atoms with Crippen molar-refractivity contribution in [2.24, 2.45) is 0 Å². The van der Waals surface area contributed by atoms with Crippen LogP contribution in [-0.4, -0.2) is 37.9 Å². The maximum atomic E-state index is 6.19. The molecule has 2 aliphatic rings. The molecule has 1 saturated heterocycles. The van der Waals surface area contributed by atoms with Crippen LogP contribution in [0, 0.1) is 0 Å². The summed E-state index contributed by atoms with van der Waals surface area (Å²) in [7, 11) is 0. The maximum Gasteiger partial charge on any atom is 0.150 e. The zero-order valence-electron chi connectivity index (χ0n) is 21.5. The lowest BCUT2D eigenvalue weighted by molar-refractivity contribution is -0.0365. The Kier molecular flexibility index (Phi) is 5.34. The number of hydrogen-bond donors (Lipinski definition) is 1. The molecule has 1 unspecified atom stereocenters. The van der Waals surface area contributed by atoms with E-state index in [-0.39, 0.29) is 6.23 Å². The molecule has 0 saturated carbocycles. The van der Waals surface area contributed by atoms with Gasteiger partial charge in [-0.2, -0.15) is 5.10 Å². The monoisotopic (exact) mass is 516 g/mol. The fourth-order valence-electron chi connectivity index (χ4n) is 5.85. The van der Waals surface area contributed by atoms with E-state index in [0.717, 1.165) is 95.7 Å². The van der Waals surface area contributed by atoms with Gasteiger partial charge in [0, 0.05) is 29.5 Å². The van der Waals surface area contributed by atoms with Gasteiger partial charge in [-0.25, -0.2) is 9.36 Å². The summed E-state index contributed by atoms with van der Waals surface area (Å²) in [6.45, 7) is 2.66. The summed E-state index contributed by atoms with van der Waals surface area (Å²) in [5.74, 6) is 0.831. The molecule has 2 aliphatic heterocycles. The zero-order valence-corrected chi connectivity index (χ0v) is 21.5. The number of hydrogen-bond acceptors (Lipinski definition) is 6. The normalized spacial score (nSPS) is 17.6. The Labute approximate surface area is 225 Å². The Morgan fingerprint density at radius 2 is 1.92 bits per heavy atom. The van der Waals surface area contributed by atoms with Crippen molar-refractivity contribution in [2.75, 3.05) is 13.2 Å². The Bertz CT molecular complexity index is 1790. The Morgan fingerprint density at radius 3 is 2.85 bits per heavy atom. The summed E-state index contributed by atoms with van der Waals surface area (Å²) in [6, 6.07) is 23.1. The van der Waals surface area contributed by atoms with Gasteiger partial charge < -0.3 is 14.5 Å². The highest BCUT2D eigenvalue weighted by Gasteiger charge is 2.24. The lowest BCUT2D eigenvalue weighted by atomic mass is 10.0. The van der Waals surface area contributed by atoms with E-state index in [4.69, 9.17) is 14.3 Å². The number of nitrogens with one attached hydrogen (secondary N) is 1. The molecule has 3 aromatic carbocycles. The van der Waals surface area contributed by atoms with Gasteiger partial charge in [-0.1, -0.05) is 29.5 Å². The van der Waals surface area contributed by atoms with Crippen LogP contribution < -0.4 is 5.32 Å². The quantitative estimate of drug-likeness (QED) is 0.308. The lowest BCUT2D eigenvalue weighted by Crippen LogP contribution is -2.23. The predicted octanol–water partition coefficient (Wildman–Crippen LogP) is 6.04. The van der Waals surface area contributed by atoms with Crippen LogP contribution in [0.3, 0.4) is 0 Å². The zero-order chi connectivity index (χ0) is 25.8. The van der Waals surface area contributed by atoms with Crippen LogP contribution in [0.5, 0.6) is 0 Å². The molecule has 39 heavy (non-hydrogen) atoms. The molecule has 6 aromatic rings. The Balaban J connectivity index is 1.24. The van der Waals surface area contributed by atoms with E-state index in [1.807, 2.05) is 33.8 Å². The van der Waals surface area contributed by atoms with Crippen LogP contribution in [0.25, 0.3) is 50.3 Å². The number of fused-ring (bicyclic) bond motifs is 3. The summed E-state index contributed by atoms with van der Waals surface area (Å²) >= 11 is 0. The highest BCUT2D eigenvalue weighted by molar-refractivity contribution is 5.95. The highest BCUT2D eigenvalue weighted by Crippen LogP contribution is 2.36. The third-order valence-corrected chi connectivity index (χ3v) is 7.92. The van der Waals surface area contributed by atoms with E-state index in [9.17, 15) is 0 Å². The van der Waals surface area contributed by atoms with Gasteiger partial charge in [0.1, 0.15) is 22.7 Å². The van der Waals surface area contributed by atoms with Crippen LogP contribution in [0.4, 0.5) is 0 Å². The van der Waals surface area contributed by atoms with Gasteiger partial charge in [-0.05, 0) is 85.8 Å². The van der Waals surface area contributed by atoms with Crippen molar-refractivity contribution < 1.29 is 9.15 Å². The fraction of sp³-hybridized carbons (Fsp3) is 0.258. The van der Waals surface area contributed by atoms with Crippen LogP contribution >= 0.6 is 0 Å². The second-order valence-electron chi connectivity index (χ2n) is 10.4. The first-order valence-corrected chi connectivity index (χ1v) is 13.7. The van der Waals surface area contributed by atoms with E-state index in [1.165, 1.54) is 11.1 Å². The third kappa shape index (κ3) is 3.95. The predicted molar refractivity (Wildman–Crippen MR) is 150 cm³/mol. The van der Waals surface area contributed by atoms with Crippen LogP contribution in [0.15, 0.2) is 77.3 Å². The molecule has 5 heterocycles. The summed E-state index contributed by atoms with van der Waals surface area (Å²) < 4.78 is 16.2. The molecular weight excluding hydrogens is 488 g/mol. The summed E-state index contributed by atoms with van der Waals surface area (Å²) in [5.41, 5.74) is 8.13. The first-order valence-electron chi connectivity index (χ1n) is 13.7. The standard InChI is InChI=1S/C31H28N6O2/c1-2-6-28-21(5-1)17-29(39-28)22-9-11-27-25(16-22)31(34-37(27)30-7-3-4-14-38-30)26-19-36(35-33-26)24-10-8-20-12-13-32-18-23(20)15-24/h1-2,5-6,8-11,15-17,19,30,32H,3-4,7,12-14,18H2. The number of para-hydroxylation sites is 1. The van der Waals surface area contributed by atoms with E-state index in [2.05, 4.69) is 64.2 Å². The minimum atomic E-state index is -0.0877. The summed E-state index contributed by atoms with van der Waals surface area (Å²) in [6.07, 6.45) is 6.09. The van der Waals surface area contributed by atoms with E-state index >= 15 is 0 Å². The molecular formula is C31H28N6O2. The van der Waals surface area contributed by atoms with Gasteiger partial charge in [0.15, 0.2) is 6.23 Å². The number of rotatable bonds is 4. The van der Waals surface area contributed by atoms with Gasteiger partial charge >= 0.3 is 0 Å². The average molecular weight is 517 g/mol. The molecule has 8 nitrogen and oxygen atoms in total. The molecule has 1 fully saturated rings. The smallest absolute Gasteiger partial charge is 0.150 e. The molecule has 1 N–H and O–H groups in total. The van der Waals surface area contributed by atoms with Gasteiger partial charge in [0.05, 0.1) is 17.4 Å². The number of ether oxygens (including phenoxy) is 1. The number of furan rings is 1. The minimum Gasteiger partial charge on any atom is -0.456 e. The van der Waals surface area contributed by atoms with Crippen molar-refractivity contribution in [1.82, 2.24) is 30.1 Å². The van der Waals surface area contributed by atoms with Gasteiger partial charge in [-0.15, -0.1) is 5.10 Å². The highest BCUT2D eigenvalue weighted by atomic mass is 16.5. The van der Waals surface area contributed by atoms with Crippen LogP contribution in [0.1, 0.15) is 36.6 Å². The molecule has 0 spiro atoms. The summed E-state index contributed by atoms with van der Waals surface area (Å²) in [4.78, 5) is 0. The number of nitrogens with zero attached hydrogens (tertiary/aromatic N) is 5. The van der Waals surface area contributed by atoms with Crippen molar-refractivity contribution in [1.29, 1.82) is 0 Å². The average Bonchev–Trinajstić information content (AvgIpc) is 3.74. The van der Waals surface area contributed by atoms with Crippen molar-refractivity contribution in [3.63, 3.8) is 0 Å². The van der Waals surface area contributed by atoms with Gasteiger partial charge in [0.2, 0.25) is 0 Å². The van der Waals surface area contributed by atoms with Crippen molar-refractivity contribution in [3.05, 3.63) is 84.1 Å². The molecule has 0 radical (unpaired) electrons. The molecule has 0 amide bonds. The second kappa shape index (κ2) is 9.18. The van der Waals surface area contributed by atoms with Gasteiger partial charge in [-0.3, -0.25) is 0 Å². The largest absolute Gasteiger partial charge is 0.456 e. The molecule has 194 valence electrons. The molecule has 8 rings (SSSR count). The molecule has 3 aromatic heterocycles. The third-order valence-electron chi connectivity index (χ3n) is 7.92. The first kappa shape index (κ1) is 22.7. The Morgan fingerprint density at radius 1 is 0.949 bits per heavy atom. The second-order valence-corrected chi connectivity index (χ2v) is 10.4. The molecule has 0 bridgehead atoms. The fourth-order valence-corrected chi connectivity index (χ4v) is 5.85. The van der Waals surface area contributed by atoms with Gasteiger partial charge in [0.25, 0.3) is 0 Å². The van der Waals surface area contributed by atoms with E-state index < -0.39 is 0 Å².